The molecule has 3 aromatic carbocycles. The highest BCUT2D eigenvalue weighted by Gasteiger charge is 2.23. The highest BCUT2D eigenvalue weighted by atomic mass is 19.1. The van der Waals surface area contributed by atoms with E-state index < -0.39 is 0 Å². The van der Waals surface area contributed by atoms with Gasteiger partial charge in [0.1, 0.15) is 18.2 Å². The van der Waals surface area contributed by atoms with Crippen LogP contribution < -0.4 is 4.74 Å². The van der Waals surface area contributed by atoms with E-state index in [1.807, 2.05) is 69.6 Å². The summed E-state index contributed by atoms with van der Waals surface area (Å²) in [6.45, 7) is 3.45. The molecule has 0 N–H and O–H groups in total. The number of rotatable bonds is 9. The topological polar surface area (TPSA) is 29.5 Å². The Labute approximate surface area is 178 Å². The summed E-state index contributed by atoms with van der Waals surface area (Å²) in [7, 11) is 4.00. The standard InChI is InChI=1S/C26H28FNO2/c1-4-23(25-8-6-5-7-24(25)19-9-13-21(27)14-10-19)26(29)20-11-15-22(16-12-20)30-18-17-28(2)3/h5-16,23H,4,17-18H2,1-3H3. The molecule has 0 saturated carbocycles. The molecule has 0 radical (unpaired) electrons. The molecule has 4 heteroatoms. The fourth-order valence-electron chi connectivity index (χ4n) is 3.50. The summed E-state index contributed by atoms with van der Waals surface area (Å²) in [6, 6.07) is 21.6. The molecular weight excluding hydrogens is 377 g/mol. The van der Waals surface area contributed by atoms with E-state index in [1.54, 1.807) is 12.1 Å². The van der Waals surface area contributed by atoms with Crippen LogP contribution in [0.1, 0.15) is 35.2 Å². The van der Waals surface area contributed by atoms with E-state index >= 15 is 0 Å². The van der Waals surface area contributed by atoms with Crippen molar-refractivity contribution >= 4 is 5.78 Å². The molecule has 0 bridgehead atoms. The minimum atomic E-state index is -0.272. The Morgan fingerprint density at radius 2 is 1.63 bits per heavy atom. The summed E-state index contributed by atoms with van der Waals surface area (Å²) in [5, 5.41) is 0. The first kappa shape index (κ1) is 21.7. The van der Waals surface area contributed by atoms with Gasteiger partial charge < -0.3 is 9.64 Å². The number of ketones is 1. The molecule has 1 atom stereocenters. The van der Waals surface area contributed by atoms with Crippen LogP contribution in [0, 0.1) is 5.82 Å². The summed E-state index contributed by atoms with van der Waals surface area (Å²) in [4.78, 5) is 15.4. The highest BCUT2D eigenvalue weighted by Crippen LogP contribution is 2.33. The zero-order valence-electron chi connectivity index (χ0n) is 17.8. The Bertz CT molecular complexity index is 965. The van der Waals surface area contributed by atoms with Gasteiger partial charge in [-0.25, -0.2) is 4.39 Å². The van der Waals surface area contributed by atoms with Crippen molar-refractivity contribution in [2.24, 2.45) is 0 Å². The van der Waals surface area contributed by atoms with Gasteiger partial charge in [0.2, 0.25) is 0 Å². The number of halogens is 1. The summed E-state index contributed by atoms with van der Waals surface area (Å²) in [5.74, 6) is 0.291. The second kappa shape index (κ2) is 10.2. The van der Waals surface area contributed by atoms with Crippen LogP contribution in [0.25, 0.3) is 11.1 Å². The van der Waals surface area contributed by atoms with Crippen molar-refractivity contribution in [2.75, 3.05) is 27.2 Å². The SMILES string of the molecule is CCC(C(=O)c1ccc(OCCN(C)C)cc1)c1ccccc1-c1ccc(F)cc1. The van der Waals surface area contributed by atoms with Crippen LogP contribution in [0.5, 0.6) is 5.75 Å². The molecule has 3 nitrogen and oxygen atoms in total. The van der Waals surface area contributed by atoms with Crippen molar-refractivity contribution < 1.29 is 13.9 Å². The number of nitrogens with zero attached hydrogens (tertiary/aromatic N) is 1. The third-order valence-electron chi connectivity index (χ3n) is 5.16. The van der Waals surface area contributed by atoms with Crippen molar-refractivity contribution in [3.8, 4) is 16.9 Å². The number of hydrogen-bond acceptors (Lipinski definition) is 3. The Morgan fingerprint density at radius 1 is 0.967 bits per heavy atom. The lowest BCUT2D eigenvalue weighted by atomic mass is 9.84. The Hall–Kier alpha value is -2.98. The fourth-order valence-corrected chi connectivity index (χ4v) is 3.50. The number of benzene rings is 3. The molecule has 0 aliphatic carbocycles. The molecule has 0 spiro atoms. The Kier molecular flexibility index (Phi) is 7.36. The molecule has 30 heavy (non-hydrogen) atoms. The molecule has 0 heterocycles. The van der Waals surface area contributed by atoms with Crippen molar-refractivity contribution in [2.45, 2.75) is 19.3 Å². The van der Waals surface area contributed by atoms with Gasteiger partial charge in [0.25, 0.3) is 0 Å². The van der Waals surface area contributed by atoms with Gasteiger partial charge in [-0.15, -0.1) is 0 Å². The number of Topliss-reactive ketones (excluding diaryl/α,β-unsaturated/α-hetero) is 1. The molecule has 0 aliphatic rings. The van der Waals surface area contributed by atoms with Gasteiger partial charge in [0.05, 0.1) is 0 Å². The fraction of sp³-hybridized carbons (Fsp3) is 0.269. The van der Waals surface area contributed by atoms with Gasteiger partial charge in [-0.2, -0.15) is 0 Å². The minimum absolute atomic E-state index is 0.0758. The lowest BCUT2D eigenvalue weighted by Gasteiger charge is -2.19. The van der Waals surface area contributed by atoms with Gasteiger partial charge in [0.15, 0.2) is 5.78 Å². The Morgan fingerprint density at radius 3 is 2.27 bits per heavy atom. The molecule has 0 aromatic heterocycles. The molecular formula is C26H28FNO2. The van der Waals surface area contributed by atoms with Crippen molar-refractivity contribution in [1.82, 2.24) is 4.90 Å². The van der Waals surface area contributed by atoms with Crippen molar-refractivity contribution in [3.05, 3.63) is 89.7 Å². The molecule has 1 unspecified atom stereocenters. The maximum atomic E-state index is 13.4. The second-order valence-electron chi connectivity index (χ2n) is 7.60. The first-order chi connectivity index (χ1) is 14.5. The van der Waals surface area contributed by atoms with E-state index in [4.69, 9.17) is 4.74 Å². The maximum Gasteiger partial charge on any atom is 0.170 e. The third-order valence-corrected chi connectivity index (χ3v) is 5.16. The average Bonchev–Trinajstić information content (AvgIpc) is 2.75. The summed E-state index contributed by atoms with van der Waals surface area (Å²) >= 11 is 0. The molecule has 0 saturated heterocycles. The van der Waals surface area contributed by atoms with Crippen molar-refractivity contribution in [3.63, 3.8) is 0 Å². The predicted molar refractivity (Wildman–Crippen MR) is 120 cm³/mol. The van der Waals surface area contributed by atoms with Gasteiger partial charge in [0, 0.05) is 18.0 Å². The normalized spacial score (nSPS) is 12.0. The van der Waals surface area contributed by atoms with Crippen LogP contribution in [0.4, 0.5) is 4.39 Å². The number of hydrogen-bond donors (Lipinski definition) is 0. The van der Waals surface area contributed by atoms with E-state index in [1.165, 1.54) is 12.1 Å². The van der Waals surface area contributed by atoms with Crippen LogP contribution in [0.15, 0.2) is 72.8 Å². The zero-order chi connectivity index (χ0) is 21.5. The number of likely N-dealkylation sites (N-methyl/N-ethyl adjacent to an activating group) is 1. The van der Waals surface area contributed by atoms with E-state index in [-0.39, 0.29) is 17.5 Å². The predicted octanol–water partition coefficient (Wildman–Crippen LogP) is 5.81. The first-order valence-corrected chi connectivity index (χ1v) is 10.3. The van der Waals surface area contributed by atoms with Crippen LogP contribution in [0.2, 0.25) is 0 Å². The van der Waals surface area contributed by atoms with Crippen LogP contribution in [0.3, 0.4) is 0 Å². The summed E-state index contributed by atoms with van der Waals surface area (Å²) < 4.78 is 19.1. The molecule has 156 valence electrons. The number of ether oxygens (including phenoxy) is 1. The van der Waals surface area contributed by atoms with Crippen LogP contribution in [-0.2, 0) is 0 Å². The molecule has 3 aromatic rings. The van der Waals surface area contributed by atoms with Gasteiger partial charge in [-0.1, -0.05) is 43.3 Å². The number of carbonyl (C=O) groups excluding carboxylic acids is 1. The van der Waals surface area contributed by atoms with E-state index in [0.29, 0.717) is 18.6 Å². The Balaban J connectivity index is 1.82. The number of carbonyl (C=O) groups is 1. The highest BCUT2D eigenvalue weighted by molar-refractivity contribution is 6.02. The molecule has 0 amide bonds. The second-order valence-corrected chi connectivity index (χ2v) is 7.60. The summed E-state index contributed by atoms with van der Waals surface area (Å²) in [5.41, 5.74) is 3.49. The zero-order valence-corrected chi connectivity index (χ0v) is 17.8. The quantitative estimate of drug-likeness (QED) is 0.421. The smallest absolute Gasteiger partial charge is 0.170 e. The van der Waals surface area contributed by atoms with Crippen molar-refractivity contribution in [1.29, 1.82) is 0 Å². The summed E-state index contributed by atoms with van der Waals surface area (Å²) in [6.07, 6.45) is 0.679. The van der Waals surface area contributed by atoms with Crippen LogP contribution in [-0.4, -0.2) is 37.9 Å². The third kappa shape index (κ3) is 5.33. The van der Waals surface area contributed by atoms with E-state index in [0.717, 1.165) is 29.0 Å². The largest absolute Gasteiger partial charge is 0.492 e. The lowest BCUT2D eigenvalue weighted by Crippen LogP contribution is -2.19. The average molecular weight is 406 g/mol. The molecule has 0 aliphatic heterocycles. The first-order valence-electron chi connectivity index (χ1n) is 10.3. The minimum Gasteiger partial charge on any atom is -0.492 e. The van der Waals surface area contributed by atoms with Gasteiger partial charge >= 0.3 is 0 Å². The molecule has 3 rings (SSSR count). The van der Waals surface area contributed by atoms with Crippen LogP contribution >= 0.6 is 0 Å². The molecule has 0 fully saturated rings. The van der Waals surface area contributed by atoms with E-state index in [2.05, 4.69) is 4.90 Å². The monoisotopic (exact) mass is 405 g/mol. The maximum absolute atomic E-state index is 13.4. The lowest BCUT2D eigenvalue weighted by molar-refractivity contribution is 0.0957. The van der Waals surface area contributed by atoms with Gasteiger partial charge in [-0.05, 0) is 73.6 Å². The van der Waals surface area contributed by atoms with E-state index in [9.17, 15) is 9.18 Å². The van der Waals surface area contributed by atoms with Gasteiger partial charge in [-0.3, -0.25) is 4.79 Å².